The van der Waals surface area contributed by atoms with Gasteiger partial charge in [-0.3, -0.25) is 4.90 Å². The Morgan fingerprint density at radius 1 is 1.12 bits per heavy atom. The first-order valence-corrected chi connectivity index (χ1v) is 9.09. The van der Waals surface area contributed by atoms with Gasteiger partial charge in [0.1, 0.15) is 0 Å². The van der Waals surface area contributed by atoms with Gasteiger partial charge in [0.25, 0.3) is 0 Å². The lowest BCUT2D eigenvalue weighted by Crippen LogP contribution is -2.47. The van der Waals surface area contributed by atoms with Crippen LogP contribution in [0.25, 0.3) is 0 Å². The summed E-state index contributed by atoms with van der Waals surface area (Å²) < 4.78 is 14.8. The van der Waals surface area contributed by atoms with E-state index in [0.29, 0.717) is 5.92 Å². The maximum Gasteiger partial charge on any atom is 0.165 e. The third kappa shape index (κ3) is 4.76. The minimum atomic E-state index is -0.519. The fourth-order valence-corrected chi connectivity index (χ4v) is 4.52. The van der Waals surface area contributed by atoms with Crippen LogP contribution in [0, 0.1) is 11.7 Å². The molecule has 1 aromatic rings. The highest BCUT2D eigenvalue weighted by molar-refractivity contribution is 9.10. The van der Waals surface area contributed by atoms with E-state index >= 15 is 0 Å². The molecule has 0 radical (unpaired) electrons. The van der Waals surface area contributed by atoms with Gasteiger partial charge in [0.2, 0.25) is 0 Å². The Balaban J connectivity index is 0.00000144. The number of nitrogens with zero attached hydrogens (tertiary/aromatic N) is 1. The molecule has 2 fully saturated rings. The largest absolute Gasteiger partial charge is 0.505 e. The zero-order valence-corrected chi connectivity index (χ0v) is 16.9. The smallest absolute Gasteiger partial charge is 0.165 e. The van der Waals surface area contributed by atoms with Crippen LogP contribution >= 0.6 is 40.7 Å². The molecule has 3 rings (SSSR count). The zero-order chi connectivity index (χ0) is 15.5. The number of rotatable bonds is 3. The molecule has 1 atom stereocenters. The van der Waals surface area contributed by atoms with E-state index in [2.05, 4.69) is 26.1 Å². The maximum absolute atomic E-state index is 14.0. The fraction of sp³-hybridized carbons (Fsp3) is 0.647. The molecule has 1 aliphatic heterocycles. The van der Waals surface area contributed by atoms with Crippen LogP contribution in [0.1, 0.15) is 43.7 Å². The van der Waals surface area contributed by atoms with Gasteiger partial charge in [0.05, 0.1) is 0 Å². The molecule has 0 spiro atoms. The number of phenolic OH excluding ortho intramolecular Hbond substituents is 1. The lowest BCUT2D eigenvalue weighted by atomic mass is 9.80. The van der Waals surface area contributed by atoms with Gasteiger partial charge >= 0.3 is 0 Å². The summed E-state index contributed by atoms with van der Waals surface area (Å²) in [6, 6.07) is 3.16. The molecular weight excluding hydrogens is 418 g/mol. The Labute approximate surface area is 164 Å². The number of benzene rings is 1. The van der Waals surface area contributed by atoms with Gasteiger partial charge < -0.3 is 10.4 Å². The van der Waals surface area contributed by atoms with E-state index < -0.39 is 5.82 Å². The first-order valence-electron chi connectivity index (χ1n) is 8.30. The van der Waals surface area contributed by atoms with Crippen LogP contribution in [0.2, 0.25) is 0 Å². The summed E-state index contributed by atoms with van der Waals surface area (Å²) in [6.07, 6.45) is 6.09. The van der Waals surface area contributed by atoms with Crippen molar-refractivity contribution in [1.82, 2.24) is 10.2 Å². The molecule has 0 bridgehead atoms. The lowest BCUT2D eigenvalue weighted by Gasteiger charge is -2.41. The van der Waals surface area contributed by atoms with Crippen LogP contribution in [0.4, 0.5) is 4.39 Å². The quantitative estimate of drug-likeness (QED) is 0.712. The molecule has 1 saturated carbocycles. The number of phenols is 1. The normalized spacial score (nSPS) is 20.8. The summed E-state index contributed by atoms with van der Waals surface area (Å²) in [6.45, 7) is 3.81. The molecule has 3 nitrogen and oxygen atoms in total. The fourth-order valence-electron chi connectivity index (χ4n) is 3.96. The van der Waals surface area contributed by atoms with Crippen molar-refractivity contribution in [3.05, 3.63) is 28.0 Å². The standard InChI is InChI=1S/C17H24BrFN2O.2ClH/c18-13-6-7-14(19)17(22)15(13)16(12-4-2-1-3-5-12)21-10-8-20-9-11-21;;/h6-7,12,16,20,22H,1-5,8-11H2;2*1H/t16-;;/m1../s1. The number of hydrogen-bond donors (Lipinski definition) is 2. The molecule has 1 heterocycles. The molecule has 24 heavy (non-hydrogen) atoms. The van der Waals surface area contributed by atoms with Gasteiger partial charge in [0.15, 0.2) is 11.6 Å². The van der Waals surface area contributed by atoms with Crippen molar-refractivity contribution in [3.8, 4) is 5.75 Å². The zero-order valence-electron chi connectivity index (χ0n) is 13.6. The second-order valence-corrected chi connectivity index (χ2v) is 7.27. The molecule has 0 aromatic heterocycles. The summed E-state index contributed by atoms with van der Waals surface area (Å²) in [4.78, 5) is 2.42. The van der Waals surface area contributed by atoms with Gasteiger partial charge in [-0.1, -0.05) is 35.2 Å². The van der Waals surface area contributed by atoms with Crippen LogP contribution in [0.15, 0.2) is 16.6 Å². The van der Waals surface area contributed by atoms with Crippen molar-refractivity contribution >= 4 is 40.7 Å². The lowest BCUT2D eigenvalue weighted by molar-refractivity contribution is 0.100. The molecule has 1 saturated heterocycles. The summed E-state index contributed by atoms with van der Waals surface area (Å²) in [5.41, 5.74) is 0.744. The van der Waals surface area contributed by atoms with Crippen LogP contribution < -0.4 is 5.32 Å². The molecule has 138 valence electrons. The molecular formula is C17H26BrCl2FN2O. The highest BCUT2D eigenvalue weighted by Gasteiger charge is 2.34. The molecule has 7 heteroatoms. The van der Waals surface area contributed by atoms with Crippen molar-refractivity contribution in [2.45, 2.75) is 38.1 Å². The topological polar surface area (TPSA) is 35.5 Å². The number of halogens is 4. The van der Waals surface area contributed by atoms with E-state index in [1.54, 1.807) is 6.07 Å². The van der Waals surface area contributed by atoms with E-state index in [9.17, 15) is 9.50 Å². The van der Waals surface area contributed by atoms with Crippen LogP contribution in [-0.4, -0.2) is 36.2 Å². The van der Waals surface area contributed by atoms with Gasteiger partial charge in [-0.2, -0.15) is 0 Å². The average molecular weight is 444 g/mol. The number of aromatic hydroxyl groups is 1. The SMILES string of the molecule is Cl.Cl.Oc1c(F)ccc(Br)c1[C@@H](C1CCCCC1)N1CCNCC1. The van der Waals surface area contributed by atoms with E-state index in [0.717, 1.165) is 49.1 Å². The van der Waals surface area contributed by atoms with Crippen molar-refractivity contribution in [2.75, 3.05) is 26.2 Å². The van der Waals surface area contributed by atoms with E-state index in [1.165, 1.54) is 25.3 Å². The van der Waals surface area contributed by atoms with Gasteiger partial charge in [-0.25, -0.2) is 4.39 Å². The van der Waals surface area contributed by atoms with E-state index in [1.807, 2.05) is 0 Å². The number of nitrogens with one attached hydrogen (secondary N) is 1. The average Bonchev–Trinajstić information content (AvgIpc) is 2.57. The summed E-state index contributed by atoms with van der Waals surface area (Å²) in [5, 5.41) is 13.7. The van der Waals surface area contributed by atoms with Gasteiger partial charge in [-0.15, -0.1) is 24.8 Å². The number of piperazine rings is 1. The highest BCUT2D eigenvalue weighted by atomic mass is 79.9. The molecule has 0 amide bonds. The first-order chi connectivity index (χ1) is 10.7. The second-order valence-electron chi connectivity index (χ2n) is 6.42. The van der Waals surface area contributed by atoms with Crippen LogP contribution in [-0.2, 0) is 0 Å². The van der Waals surface area contributed by atoms with Crippen molar-refractivity contribution in [1.29, 1.82) is 0 Å². The Hall–Kier alpha value is -0.0700. The molecule has 2 aliphatic rings. The predicted octanol–water partition coefficient (Wildman–Crippen LogP) is 4.66. The maximum atomic E-state index is 14.0. The summed E-state index contributed by atoms with van der Waals surface area (Å²) >= 11 is 3.55. The Kier molecular flexibility index (Phi) is 9.31. The Bertz CT molecular complexity index is 506. The Morgan fingerprint density at radius 3 is 2.38 bits per heavy atom. The Morgan fingerprint density at radius 2 is 1.75 bits per heavy atom. The van der Waals surface area contributed by atoms with E-state index in [-0.39, 0.29) is 36.6 Å². The molecule has 1 aliphatic carbocycles. The summed E-state index contributed by atoms with van der Waals surface area (Å²) in [5.74, 6) is -0.200. The van der Waals surface area contributed by atoms with Crippen molar-refractivity contribution in [3.63, 3.8) is 0 Å². The minimum Gasteiger partial charge on any atom is -0.505 e. The molecule has 2 N–H and O–H groups in total. The summed E-state index contributed by atoms with van der Waals surface area (Å²) in [7, 11) is 0. The van der Waals surface area contributed by atoms with Crippen LogP contribution in [0.3, 0.4) is 0 Å². The third-order valence-corrected chi connectivity index (χ3v) is 5.74. The van der Waals surface area contributed by atoms with Crippen LogP contribution in [0.5, 0.6) is 5.75 Å². The molecule has 1 aromatic carbocycles. The minimum absolute atomic E-state index is 0. The highest BCUT2D eigenvalue weighted by Crippen LogP contribution is 2.45. The number of hydrogen-bond acceptors (Lipinski definition) is 3. The van der Waals surface area contributed by atoms with Crippen molar-refractivity contribution in [2.24, 2.45) is 5.92 Å². The van der Waals surface area contributed by atoms with E-state index in [4.69, 9.17) is 0 Å². The monoisotopic (exact) mass is 442 g/mol. The van der Waals surface area contributed by atoms with Gasteiger partial charge in [-0.05, 0) is 30.9 Å². The first kappa shape index (κ1) is 22.0. The third-order valence-electron chi connectivity index (χ3n) is 5.05. The van der Waals surface area contributed by atoms with Gasteiger partial charge in [0, 0.05) is 42.3 Å². The second kappa shape index (κ2) is 10.2. The predicted molar refractivity (Wildman–Crippen MR) is 104 cm³/mol. The van der Waals surface area contributed by atoms with Crippen molar-refractivity contribution < 1.29 is 9.50 Å². The molecule has 0 unspecified atom stereocenters.